The first-order valence-corrected chi connectivity index (χ1v) is 9.57. The summed E-state index contributed by atoms with van der Waals surface area (Å²) in [4.78, 5) is 16.9. The van der Waals surface area contributed by atoms with Crippen molar-refractivity contribution in [3.05, 3.63) is 106 Å². The van der Waals surface area contributed by atoms with Crippen LogP contribution in [0.25, 0.3) is 24.3 Å². The van der Waals surface area contributed by atoms with Crippen LogP contribution in [-0.4, -0.2) is 25.1 Å². The normalized spacial score (nSPS) is 11.3. The number of benzene rings is 3. The molecule has 0 heterocycles. The van der Waals surface area contributed by atoms with Crippen LogP contribution in [0.1, 0.15) is 32.6 Å². The first-order chi connectivity index (χ1) is 14.1. The second-order valence-electron chi connectivity index (χ2n) is 6.46. The van der Waals surface area contributed by atoms with E-state index in [1.54, 1.807) is 19.2 Å². The second-order valence-corrected chi connectivity index (χ2v) is 6.87. The lowest BCUT2D eigenvalue weighted by Crippen LogP contribution is -2.25. The zero-order chi connectivity index (χ0) is 20.6. The number of hydrogen-bond donors (Lipinski definition) is 0. The molecule has 0 saturated heterocycles. The molecule has 0 spiro atoms. The molecule has 0 aliphatic rings. The molecule has 0 aliphatic carbocycles. The Morgan fingerprint density at radius 2 is 1.28 bits per heavy atom. The van der Waals surface area contributed by atoms with Crippen LogP contribution >= 0.6 is 11.6 Å². The maximum Gasteiger partial charge on any atom is 0.277 e. The van der Waals surface area contributed by atoms with Crippen molar-refractivity contribution in [3.63, 3.8) is 0 Å². The van der Waals surface area contributed by atoms with Crippen molar-refractivity contribution in [2.24, 2.45) is 0 Å². The number of rotatable bonds is 6. The fourth-order valence-corrected chi connectivity index (χ4v) is 2.91. The van der Waals surface area contributed by atoms with Crippen LogP contribution in [0, 0.1) is 0 Å². The van der Waals surface area contributed by atoms with Gasteiger partial charge in [-0.1, -0.05) is 90.5 Å². The van der Waals surface area contributed by atoms with E-state index in [1.807, 2.05) is 60.7 Å². The predicted octanol–water partition coefficient (Wildman–Crippen LogP) is 6.31. The van der Waals surface area contributed by atoms with Crippen molar-refractivity contribution in [2.75, 3.05) is 14.2 Å². The average molecular weight is 404 g/mol. The first-order valence-electron chi connectivity index (χ1n) is 9.20. The third kappa shape index (κ3) is 5.67. The van der Waals surface area contributed by atoms with Crippen LogP contribution in [0.5, 0.6) is 0 Å². The standard InChI is InChI=1S/C25H22ClNO2/c1-27(29-2)25(28)23-17-14-21(15-18-23)12-9-19-7-10-20(11-8-19)13-16-22-5-3-4-6-24(22)26/h3-18H,1-2H3/b12-9+,16-13+. The summed E-state index contributed by atoms with van der Waals surface area (Å²) in [5.41, 5.74) is 4.80. The molecule has 29 heavy (non-hydrogen) atoms. The largest absolute Gasteiger partial charge is 0.277 e. The van der Waals surface area contributed by atoms with Crippen LogP contribution in [0.15, 0.2) is 72.8 Å². The first kappa shape index (κ1) is 20.6. The average Bonchev–Trinajstić information content (AvgIpc) is 2.77. The maximum atomic E-state index is 12.0. The predicted molar refractivity (Wildman–Crippen MR) is 121 cm³/mol. The van der Waals surface area contributed by atoms with E-state index in [1.165, 1.54) is 12.2 Å². The van der Waals surface area contributed by atoms with Crippen molar-refractivity contribution in [3.8, 4) is 0 Å². The Hall–Kier alpha value is -3.14. The molecule has 0 radical (unpaired) electrons. The highest BCUT2D eigenvalue weighted by molar-refractivity contribution is 6.32. The van der Waals surface area contributed by atoms with Gasteiger partial charge in [0.25, 0.3) is 5.91 Å². The van der Waals surface area contributed by atoms with E-state index in [0.29, 0.717) is 5.56 Å². The van der Waals surface area contributed by atoms with E-state index in [4.69, 9.17) is 16.4 Å². The summed E-state index contributed by atoms with van der Waals surface area (Å²) >= 11 is 6.18. The Balaban J connectivity index is 1.64. The molecule has 0 bridgehead atoms. The molecule has 0 unspecified atom stereocenters. The van der Waals surface area contributed by atoms with Gasteiger partial charge in [-0.15, -0.1) is 0 Å². The van der Waals surface area contributed by atoms with Crippen molar-refractivity contribution < 1.29 is 9.63 Å². The Labute approximate surface area is 176 Å². The zero-order valence-corrected chi connectivity index (χ0v) is 17.1. The van der Waals surface area contributed by atoms with Gasteiger partial charge in [-0.05, 0) is 40.5 Å². The quantitative estimate of drug-likeness (QED) is 0.356. The number of amides is 1. The van der Waals surface area contributed by atoms with Gasteiger partial charge in [0.2, 0.25) is 0 Å². The highest BCUT2D eigenvalue weighted by Crippen LogP contribution is 2.18. The van der Waals surface area contributed by atoms with Crippen LogP contribution < -0.4 is 0 Å². The Kier molecular flexibility index (Phi) is 7.01. The third-order valence-corrected chi connectivity index (χ3v) is 4.83. The molecule has 3 aromatic carbocycles. The van der Waals surface area contributed by atoms with E-state index in [9.17, 15) is 4.79 Å². The number of carbonyl (C=O) groups is 1. The Morgan fingerprint density at radius 3 is 1.79 bits per heavy atom. The van der Waals surface area contributed by atoms with Crippen LogP contribution in [0.3, 0.4) is 0 Å². The molecule has 3 rings (SSSR count). The fraction of sp³-hybridized carbons (Fsp3) is 0.0800. The lowest BCUT2D eigenvalue weighted by Gasteiger charge is -2.13. The lowest BCUT2D eigenvalue weighted by atomic mass is 10.1. The van der Waals surface area contributed by atoms with E-state index in [2.05, 4.69) is 24.3 Å². The monoisotopic (exact) mass is 403 g/mol. The lowest BCUT2D eigenvalue weighted by molar-refractivity contribution is -0.0756. The minimum absolute atomic E-state index is 0.177. The van der Waals surface area contributed by atoms with Gasteiger partial charge in [0, 0.05) is 17.6 Å². The van der Waals surface area contributed by atoms with E-state index >= 15 is 0 Å². The van der Waals surface area contributed by atoms with Gasteiger partial charge in [-0.3, -0.25) is 9.63 Å². The minimum Gasteiger partial charge on any atom is -0.274 e. The number of nitrogens with zero attached hydrogens (tertiary/aromatic N) is 1. The van der Waals surface area contributed by atoms with Gasteiger partial charge in [-0.25, -0.2) is 5.06 Å². The molecular weight excluding hydrogens is 382 g/mol. The summed E-state index contributed by atoms with van der Waals surface area (Å²) in [7, 11) is 3.05. The zero-order valence-electron chi connectivity index (χ0n) is 16.4. The number of carbonyl (C=O) groups excluding carboxylic acids is 1. The summed E-state index contributed by atoms with van der Waals surface area (Å²) in [5, 5.41) is 1.94. The molecule has 0 fully saturated rings. The Bertz CT molecular complexity index is 1020. The summed E-state index contributed by atoms with van der Waals surface area (Å²) < 4.78 is 0. The molecule has 0 saturated carbocycles. The van der Waals surface area contributed by atoms with E-state index in [-0.39, 0.29) is 5.91 Å². The third-order valence-electron chi connectivity index (χ3n) is 4.48. The van der Waals surface area contributed by atoms with E-state index < -0.39 is 0 Å². The van der Waals surface area contributed by atoms with Crippen LogP contribution in [0.4, 0.5) is 0 Å². The van der Waals surface area contributed by atoms with Crippen LogP contribution in [0.2, 0.25) is 5.02 Å². The van der Waals surface area contributed by atoms with Crippen molar-refractivity contribution in [1.29, 1.82) is 0 Å². The molecule has 0 aromatic heterocycles. The summed E-state index contributed by atoms with van der Waals surface area (Å²) in [6.45, 7) is 0. The SMILES string of the molecule is CON(C)C(=O)c1ccc(/C=C/c2ccc(/C=C/c3ccccc3Cl)cc2)cc1. The van der Waals surface area contributed by atoms with Crippen LogP contribution in [-0.2, 0) is 4.84 Å². The molecule has 3 aromatic rings. The molecule has 3 nitrogen and oxygen atoms in total. The van der Waals surface area contributed by atoms with Gasteiger partial charge in [0.1, 0.15) is 0 Å². The van der Waals surface area contributed by atoms with Gasteiger partial charge >= 0.3 is 0 Å². The molecule has 1 amide bonds. The van der Waals surface area contributed by atoms with Gasteiger partial charge in [0.15, 0.2) is 0 Å². The minimum atomic E-state index is -0.177. The van der Waals surface area contributed by atoms with Crippen molar-refractivity contribution in [1.82, 2.24) is 5.06 Å². The van der Waals surface area contributed by atoms with Gasteiger partial charge in [-0.2, -0.15) is 0 Å². The highest BCUT2D eigenvalue weighted by atomic mass is 35.5. The number of halogens is 1. The van der Waals surface area contributed by atoms with Gasteiger partial charge < -0.3 is 0 Å². The summed E-state index contributed by atoms with van der Waals surface area (Å²) in [5.74, 6) is -0.177. The number of hydroxylamine groups is 2. The molecule has 4 heteroatoms. The maximum absolute atomic E-state index is 12.0. The van der Waals surface area contributed by atoms with Crippen molar-refractivity contribution >= 4 is 41.8 Å². The second kappa shape index (κ2) is 9.87. The fourth-order valence-electron chi connectivity index (χ4n) is 2.71. The van der Waals surface area contributed by atoms with Crippen molar-refractivity contribution in [2.45, 2.75) is 0 Å². The summed E-state index contributed by atoms with van der Waals surface area (Å²) in [6, 6.07) is 23.4. The summed E-state index contributed by atoms with van der Waals surface area (Å²) in [6.07, 6.45) is 8.11. The highest BCUT2D eigenvalue weighted by Gasteiger charge is 2.10. The Morgan fingerprint density at radius 1 is 0.793 bits per heavy atom. The molecular formula is C25H22ClNO2. The number of hydrogen-bond acceptors (Lipinski definition) is 2. The topological polar surface area (TPSA) is 29.5 Å². The molecule has 146 valence electrons. The molecule has 0 atom stereocenters. The van der Waals surface area contributed by atoms with Gasteiger partial charge in [0.05, 0.1) is 7.11 Å². The smallest absolute Gasteiger partial charge is 0.274 e. The molecule has 0 N–H and O–H groups in total. The van der Waals surface area contributed by atoms with E-state index in [0.717, 1.165) is 27.3 Å². The molecule has 0 aliphatic heterocycles.